The highest BCUT2D eigenvalue weighted by molar-refractivity contribution is 7.92. The second kappa shape index (κ2) is 5.12. The molecule has 0 unspecified atom stereocenters. The fraction of sp³-hybridized carbons (Fsp3) is 0.0714. The van der Waals surface area contributed by atoms with Crippen LogP contribution in [0.15, 0.2) is 59.5 Å². The predicted octanol–water partition coefficient (Wildman–Crippen LogP) is 2.38. The SMILES string of the molecule is CN(c1ccccc1)S(=O)(=O)c1ccccc1C#N. The summed E-state index contributed by atoms with van der Waals surface area (Å²) < 4.78 is 26.1. The summed E-state index contributed by atoms with van der Waals surface area (Å²) in [6.45, 7) is 0. The van der Waals surface area contributed by atoms with Crippen LogP contribution in [-0.4, -0.2) is 15.5 Å². The zero-order chi connectivity index (χ0) is 13.9. The van der Waals surface area contributed by atoms with Crippen LogP contribution in [0.3, 0.4) is 0 Å². The lowest BCUT2D eigenvalue weighted by Crippen LogP contribution is -2.27. The second-order valence-corrected chi connectivity index (χ2v) is 5.85. The van der Waals surface area contributed by atoms with Crippen molar-refractivity contribution in [1.29, 1.82) is 5.26 Å². The van der Waals surface area contributed by atoms with E-state index >= 15 is 0 Å². The Morgan fingerprint density at radius 2 is 1.58 bits per heavy atom. The highest BCUT2D eigenvalue weighted by Gasteiger charge is 2.23. The van der Waals surface area contributed by atoms with E-state index in [9.17, 15) is 8.42 Å². The van der Waals surface area contributed by atoms with Crippen molar-refractivity contribution in [3.63, 3.8) is 0 Å². The van der Waals surface area contributed by atoms with Crippen LogP contribution < -0.4 is 4.31 Å². The minimum atomic E-state index is -3.72. The van der Waals surface area contributed by atoms with Crippen LogP contribution in [0.1, 0.15) is 5.56 Å². The molecular formula is C14H12N2O2S. The summed E-state index contributed by atoms with van der Waals surface area (Å²) in [5.74, 6) is 0. The number of hydrogen-bond acceptors (Lipinski definition) is 3. The van der Waals surface area contributed by atoms with E-state index in [1.165, 1.54) is 23.5 Å². The van der Waals surface area contributed by atoms with Gasteiger partial charge in [-0.05, 0) is 24.3 Å². The first-order valence-corrected chi connectivity index (χ1v) is 7.04. The number of nitriles is 1. The molecule has 0 atom stereocenters. The van der Waals surface area contributed by atoms with Gasteiger partial charge in [0, 0.05) is 7.05 Å². The van der Waals surface area contributed by atoms with Gasteiger partial charge in [-0.3, -0.25) is 4.31 Å². The molecule has 2 aromatic rings. The number of rotatable bonds is 3. The van der Waals surface area contributed by atoms with E-state index in [1.54, 1.807) is 36.4 Å². The van der Waals surface area contributed by atoms with Gasteiger partial charge >= 0.3 is 0 Å². The van der Waals surface area contributed by atoms with Crippen LogP contribution >= 0.6 is 0 Å². The van der Waals surface area contributed by atoms with E-state index in [2.05, 4.69) is 0 Å². The molecule has 0 N–H and O–H groups in total. The predicted molar refractivity (Wildman–Crippen MR) is 73.2 cm³/mol. The van der Waals surface area contributed by atoms with Gasteiger partial charge < -0.3 is 0 Å². The maximum Gasteiger partial charge on any atom is 0.265 e. The van der Waals surface area contributed by atoms with Crippen molar-refractivity contribution in [3.8, 4) is 6.07 Å². The number of hydrogen-bond donors (Lipinski definition) is 0. The molecule has 0 spiro atoms. The molecule has 96 valence electrons. The largest absolute Gasteiger partial charge is 0.269 e. The summed E-state index contributed by atoms with van der Waals surface area (Å²) in [4.78, 5) is 0.0175. The van der Waals surface area contributed by atoms with Crippen molar-refractivity contribution in [2.24, 2.45) is 0 Å². The topological polar surface area (TPSA) is 61.2 Å². The molecule has 2 aromatic carbocycles. The molecule has 0 saturated carbocycles. The normalized spacial score (nSPS) is 10.7. The summed E-state index contributed by atoms with van der Waals surface area (Å²) in [6, 6.07) is 16.8. The second-order valence-electron chi connectivity index (χ2n) is 3.92. The number of para-hydroxylation sites is 1. The maximum atomic E-state index is 12.5. The van der Waals surface area contributed by atoms with Gasteiger partial charge in [0.05, 0.1) is 11.3 Å². The molecule has 4 nitrogen and oxygen atoms in total. The lowest BCUT2D eigenvalue weighted by molar-refractivity contribution is 0.594. The van der Waals surface area contributed by atoms with Gasteiger partial charge in [-0.25, -0.2) is 8.42 Å². The molecule has 2 rings (SSSR count). The summed E-state index contributed by atoms with van der Waals surface area (Å²) in [5.41, 5.74) is 0.695. The quantitative estimate of drug-likeness (QED) is 0.861. The van der Waals surface area contributed by atoms with Crippen molar-refractivity contribution in [2.75, 3.05) is 11.4 Å². The fourth-order valence-corrected chi connectivity index (χ4v) is 3.04. The number of sulfonamides is 1. The molecule has 0 bridgehead atoms. The van der Waals surface area contributed by atoms with Gasteiger partial charge in [-0.2, -0.15) is 5.26 Å². The number of nitrogens with zero attached hydrogens (tertiary/aromatic N) is 2. The number of anilines is 1. The molecule has 0 saturated heterocycles. The third-order valence-electron chi connectivity index (χ3n) is 2.77. The minimum Gasteiger partial charge on any atom is -0.269 e. The summed E-state index contributed by atoms with van der Waals surface area (Å²) in [7, 11) is -2.25. The first-order valence-electron chi connectivity index (χ1n) is 5.60. The van der Waals surface area contributed by atoms with Crippen molar-refractivity contribution in [1.82, 2.24) is 0 Å². The molecule has 0 fully saturated rings. The van der Waals surface area contributed by atoms with Crippen LogP contribution in [-0.2, 0) is 10.0 Å². The van der Waals surface area contributed by atoms with Crippen LogP contribution in [0.25, 0.3) is 0 Å². The Hall–Kier alpha value is -2.32. The molecule has 0 aliphatic heterocycles. The van der Waals surface area contributed by atoms with Crippen molar-refractivity contribution in [2.45, 2.75) is 4.90 Å². The lowest BCUT2D eigenvalue weighted by Gasteiger charge is -2.19. The smallest absolute Gasteiger partial charge is 0.265 e. The average Bonchev–Trinajstić information content (AvgIpc) is 2.47. The Kier molecular flexibility index (Phi) is 3.54. The van der Waals surface area contributed by atoms with Crippen LogP contribution in [0.2, 0.25) is 0 Å². The van der Waals surface area contributed by atoms with Gasteiger partial charge in [0.15, 0.2) is 0 Å². The Morgan fingerprint density at radius 1 is 1.00 bits per heavy atom. The molecule has 0 amide bonds. The van der Waals surface area contributed by atoms with Crippen molar-refractivity contribution in [3.05, 3.63) is 60.2 Å². The van der Waals surface area contributed by atoms with Crippen LogP contribution in [0.5, 0.6) is 0 Å². The summed E-state index contributed by atoms with van der Waals surface area (Å²) in [6.07, 6.45) is 0. The van der Waals surface area contributed by atoms with E-state index in [-0.39, 0.29) is 10.5 Å². The summed E-state index contributed by atoms with van der Waals surface area (Å²) in [5, 5.41) is 9.00. The van der Waals surface area contributed by atoms with Gasteiger partial charge in [0.25, 0.3) is 10.0 Å². The fourth-order valence-electron chi connectivity index (χ4n) is 1.71. The van der Waals surface area contributed by atoms with Crippen LogP contribution in [0.4, 0.5) is 5.69 Å². The van der Waals surface area contributed by atoms with Gasteiger partial charge in [-0.1, -0.05) is 30.3 Å². The third-order valence-corrected chi connectivity index (χ3v) is 4.61. The number of benzene rings is 2. The van der Waals surface area contributed by atoms with Gasteiger partial charge in [0.1, 0.15) is 11.0 Å². The molecule has 0 radical (unpaired) electrons. The Morgan fingerprint density at radius 3 is 2.21 bits per heavy atom. The Bertz CT molecular complexity index is 719. The van der Waals surface area contributed by atoms with E-state index in [4.69, 9.17) is 5.26 Å². The summed E-state index contributed by atoms with van der Waals surface area (Å²) >= 11 is 0. The lowest BCUT2D eigenvalue weighted by atomic mass is 10.2. The molecule has 0 aromatic heterocycles. The molecule has 0 aliphatic carbocycles. The van der Waals surface area contributed by atoms with Crippen molar-refractivity contribution >= 4 is 15.7 Å². The highest BCUT2D eigenvalue weighted by atomic mass is 32.2. The molecular weight excluding hydrogens is 260 g/mol. The average molecular weight is 272 g/mol. The van der Waals surface area contributed by atoms with Gasteiger partial charge in [-0.15, -0.1) is 0 Å². The first-order chi connectivity index (χ1) is 9.07. The molecule has 0 heterocycles. The maximum absolute atomic E-state index is 12.5. The molecule has 5 heteroatoms. The Labute approximate surface area is 112 Å². The monoisotopic (exact) mass is 272 g/mol. The highest BCUT2D eigenvalue weighted by Crippen LogP contribution is 2.23. The van der Waals surface area contributed by atoms with E-state index in [1.807, 2.05) is 12.1 Å². The van der Waals surface area contributed by atoms with Crippen molar-refractivity contribution < 1.29 is 8.42 Å². The van der Waals surface area contributed by atoms with E-state index in [0.29, 0.717) is 5.69 Å². The first kappa shape index (κ1) is 13.1. The zero-order valence-corrected chi connectivity index (χ0v) is 11.1. The zero-order valence-electron chi connectivity index (χ0n) is 10.3. The molecule has 19 heavy (non-hydrogen) atoms. The third kappa shape index (κ3) is 2.44. The standard InChI is InChI=1S/C14H12N2O2S/c1-16(13-8-3-2-4-9-13)19(17,18)14-10-6-5-7-12(14)11-15/h2-10H,1H3. The van der Waals surface area contributed by atoms with Crippen LogP contribution in [0, 0.1) is 11.3 Å². The van der Waals surface area contributed by atoms with Gasteiger partial charge in [0.2, 0.25) is 0 Å². The van der Waals surface area contributed by atoms with E-state index < -0.39 is 10.0 Å². The van der Waals surface area contributed by atoms with E-state index in [0.717, 1.165) is 0 Å². The minimum absolute atomic E-state index is 0.0175. The molecule has 0 aliphatic rings. The Balaban J connectivity index is 2.52.